The molecule has 0 saturated heterocycles. The molecule has 0 unspecified atom stereocenters. The molecule has 0 aliphatic carbocycles. The first-order valence-corrected chi connectivity index (χ1v) is 24.2. The molecule has 241 valence electrons. The van der Waals surface area contributed by atoms with Gasteiger partial charge in [-0.15, -0.1) is 23.8 Å². The van der Waals surface area contributed by atoms with Gasteiger partial charge in [0.05, 0.1) is 0 Å². The van der Waals surface area contributed by atoms with Gasteiger partial charge in [0.2, 0.25) is 0 Å². The summed E-state index contributed by atoms with van der Waals surface area (Å²) in [6, 6.07) is 42.6. The number of benzene rings is 5. The standard InChI is InChI=1S/C29H22NS.C14H16GeN.Ir/c1-17(2)19-13-14-30-26(16-19)23-9-6-10-24-27-21-8-5-4-7-20(21)25-15-18(3)11-12-22(25)29(27)31-28(23)24;1-15(2,3)13-9-10-14(16-11-13)12-7-5-4-6-8-12;/h4-8,10-17H,1-3H3;4-7,9-11H,1-3H3;/q2*-1;/i17D;;. The van der Waals surface area contributed by atoms with Gasteiger partial charge in [-0.25, -0.2) is 0 Å². The van der Waals surface area contributed by atoms with Gasteiger partial charge in [-0.2, -0.15) is 11.3 Å². The van der Waals surface area contributed by atoms with E-state index in [1.54, 1.807) is 0 Å². The Balaban J connectivity index is 0.000000208. The first-order valence-electron chi connectivity index (χ1n) is 16.6. The molecule has 0 spiro atoms. The smallest absolute Gasteiger partial charge is 0 e. The van der Waals surface area contributed by atoms with Gasteiger partial charge >= 0.3 is 99.8 Å². The monoisotopic (exact) mass is 882 g/mol. The van der Waals surface area contributed by atoms with Crippen LogP contribution in [0.3, 0.4) is 0 Å². The van der Waals surface area contributed by atoms with Crippen molar-refractivity contribution in [3.63, 3.8) is 0 Å². The first-order chi connectivity index (χ1) is 23.0. The molecule has 0 saturated carbocycles. The summed E-state index contributed by atoms with van der Waals surface area (Å²) in [7, 11) is 0. The third-order valence-electron chi connectivity index (χ3n) is 8.76. The Morgan fingerprint density at radius 1 is 0.708 bits per heavy atom. The predicted molar refractivity (Wildman–Crippen MR) is 207 cm³/mol. The van der Waals surface area contributed by atoms with Gasteiger partial charge in [-0.1, -0.05) is 78.9 Å². The maximum atomic E-state index is 8.45. The van der Waals surface area contributed by atoms with E-state index in [1.165, 1.54) is 51.7 Å². The van der Waals surface area contributed by atoms with E-state index in [4.69, 9.17) is 1.37 Å². The fourth-order valence-electron chi connectivity index (χ4n) is 6.15. The summed E-state index contributed by atoms with van der Waals surface area (Å²) in [5, 5.41) is 7.74. The predicted octanol–water partition coefficient (Wildman–Crippen LogP) is 11.7. The molecule has 0 aliphatic rings. The zero-order valence-electron chi connectivity index (χ0n) is 29.1. The van der Waals surface area contributed by atoms with Crippen LogP contribution in [-0.4, -0.2) is 23.2 Å². The number of aromatic nitrogens is 2. The summed E-state index contributed by atoms with van der Waals surface area (Å²) in [5.74, 6) is 6.47. The van der Waals surface area contributed by atoms with Crippen molar-refractivity contribution in [3.05, 3.63) is 139 Å². The van der Waals surface area contributed by atoms with Gasteiger partial charge < -0.3 is 4.98 Å². The van der Waals surface area contributed by atoms with Crippen LogP contribution in [0.5, 0.6) is 0 Å². The molecular formula is C43H38GeIrN2S-2. The Hall–Kier alpha value is -3.67. The van der Waals surface area contributed by atoms with Crippen LogP contribution >= 0.6 is 11.3 Å². The summed E-state index contributed by atoms with van der Waals surface area (Å²) in [6.45, 7) is 5.98. The van der Waals surface area contributed by atoms with E-state index in [0.717, 1.165) is 28.1 Å². The van der Waals surface area contributed by atoms with Crippen LogP contribution < -0.4 is 4.40 Å². The van der Waals surface area contributed by atoms with Crippen LogP contribution in [-0.2, 0) is 20.1 Å². The van der Waals surface area contributed by atoms with E-state index in [2.05, 4.69) is 107 Å². The number of thiophene rings is 1. The molecule has 0 aliphatic heterocycles. The minimum atomic E-state index is -1.72. The second-order valence-electron chi connectivity index (χ2n) is 13.4. The Morgan fingerprint density at radius 2 is 1.50 bits per heavy atom. The number of hydrogen-bond donors (Lipinski definition) is 0. The molecule has 8 aromatic rings. The second kappa shape index (κ2) is 14.1. The third kappa shape index (κ3) is 6.64. The van der Waals surface area contributed by atoms with E-state index in [1.807, 2.05) is 80.0 Å². The molecule has 0 atom stereocenters. The molecule has 5 heteroatoms. The number of aryl methyl sites for hydroxylation is 1. The molecule has 3 heterocycles. The van der Waals surface area contributed by atoms with E-state index in [-0.39, 0.29) is 20.1 Å². The topological polar surface area (TPSA) is 25.8 Å². The molecule has 2 nitrogen and oxygen atoms in total. The Bertz CT molecular complexity index is 2430. The quantitative estimate of drug-likeness (QED) is 0.1000. The Morgan fingerprint density at radius 3 is 2.21 bits per heavy atom. The average molecular weight is 881 g/mol. The van der Waals surface area contributed by atoms with Crippen molar-refractivity contribution in [2.45, 2.75) is 43.9 Å². The molecule has 3 aromatic heterocycles. The van der Waals surface area contributed by atoms with Crippen molar-refractivity contribution < 1.29 is 21.5 Å². The van der Waals surface area contributed by atoms with Crippen molar-refractivity contribution in [1.82, 2.24) is 9.97 Å². The van der Waals surface area contributed by atoms with Crippen LogP contribution in [0.4, 0.5) is 0 Å². The summed E-state index contributed by atoms with van der Waals surface area (Å²) in [6.07, 6.45) is 3.85. The fourth-order valence-corrected chi connectivity index (χ4v) is 9.68. The normalized spacial score (nSPS) is 12.1. The van der Waals surface area contributed by atoms with Crippen LogP contribution in [0.2, 0.25) is 17.3 Å². The van der Waals surface area contributed by atoms with Gasteiger partial charge in [0.25, 0.3) is 0 Å². The van der Waals surface area contributed by atoms with Crippen LogP contribution in [0.15, 0.2) is 116 Å². The molecule has 0 fully saturated rings. The minimum absolute atomic E-state index is 0. The van der Waals surface area contributed by atoms with Crippen molar-refractivity contribution in [1.29, 1.82) is 0 Å². The zero-order chi connectivity index (χ0) is 33.6. The number of hydrogen-bond acceptors (Lipinski definition) is 3. The fraction of sp³-hybridized carbons (Fsp3) is 0.163. The SMILES string of the molecule is [2H]C(C)(C)c1ccnc(-c2[c-]ccc3c2sc2c4ccc(C)cc4c4ccccc4c32)c1.[CH3][Ge]([CH3])([CH3])[c]1ccc(-c2[c-]cccc2)nc1.[Ir]. The van der Waals surface area contributed by atoms with Crippen LogP contribution in [0, 0.1) is 19.1 Å². The van der Waals surface area contributed by atoms with Crippen molar-refractivity contribution >= 4 is 70.7 Å². The van der Waals surface area contributed by atoms with Crippen molar-refractivity contribution in [3.8, 4) is 22.5 Å². The summed E-state index contributed by atoms with van der Waals surface area (Å²) >= 11 is 0.113. The van der Waals surface area contributed by atoms with E-state index >= 15 is 0 Å². The molecule has 1 radical (unpaired) electrons. The van der Waals surface area contributed by atoms with Gasteiger partial charge in [0.15, 0.2) is 0 Å². The van der Waals surface area contributed by atoms with E-state index < -0.39 is 19.2 Å². The Kier molecular flexibility index (Phi) is 9.62. The van der Waals surface area contributed by atoms with Crippen molar-refractivity contribution in [2.75, 3.05) is 0 Å². The zero-order valence-corrected chi connectivity index (χ0v) is 33.4. The number of pyridine rings is 2. The van der Waals surface area contributed by atoms with E-state index in [9.17, 15) is 0 Å². The Labute approximate surface area is 305 Å². The summed E-state index contributed by atoms with van der Waals surface area (Å²) in [5.41, 5.74) is 6.20. The van der Waals surface area contributed by atoms with Crippen LogP contribution in [0.1, 0.15) is 32.2 Å². The second-order valence-corrected chi connectivity index (χ2v) is 25.1. The molecule has 0 N–H and O–H groups in total. The van der Waals surface area contributed by atoms with Crippen molar-refractivity contribution in [2.24, 2.45) is 0 Å². The van der Waals surface area contributed by atoms with Gasteiger partial charge in [0.1, 0.15) is 0 Å². The average Bonchev–Trinajstić information content (AvgIpc) is 3.49. The van der Waals surface area contributed by atoms with Gasteiger partial charge in [0, 0.05) is 32.4 Å². The number of fused-ring (bicyclic) bond motifs is 8. The molecule has 48 heavy (non-hydrogen) atoms. The largest absolute Gasteiger partial charge is 0 e. The van der Waals surface area contributed by atoms with Gasteiger partial charge in [-0.3, -0.25) is 0 Å². The minimum Gasteiger partial charge on any atom is 0 e. The van der Waals surface area contributed by atoms with Crippen LogP contribution in [0.25, 0.3) is 64.2 Å². The van der Waals surface area contributed by atoms with Gasteiger partial charge in [-0.05, 0) is 56.2 Å². The number of nitrogens with zero attached hydrogens (tertiary/aromatic N) is 2. The third-order valence-corrected chi connectivity index (χ3v) is 14.3. The summed E-state index contributed by atoms with van der Waals surface area (Å²) in [4.78, 5) is 9.20. The maximum absolute atomic E-state index is 8.45. The molecule has 0 bridgehead atoms. The molecule has 5 aromatic carbocycles. The maximum Gasteiger partial charge on any atom is 0 e. The summed E-state index contributed by atoms with van der Waals surface area (Å²) < 4.78 is 12.4. The molecular weight excluding hydrogens is 841 g/mol. The van der Waals surface area contributed by atoms with E-state index in [0.29, 0.717) is 0 Å². The molecule has 0 amide bonds. The molecule has 8 rings (SSSR count). The number of rotatable bonds is 4. The first kappa shape index (κ1) is 32.9.